The van der Waals surface area contributed by atoms with Crippen LogP contribution in [0.25, 0.3) is 23.0 Å². The molecule has 10 rings (SSSR count). The minimum Gasteiger partial charge on any atom is -0.496 e. The number of rotatable bonds is 11. The van der Waals surface area contributed by atoms with Crippen molar-refractivity contribution < 1.29 is 19.1 Å². The Balaban J connectivity index is 0.000000169. The number of methoxy groups -OCH3 is 2. The number of pyridine rings is 2. The fourth-order valence-corrected chi connectivity index (χ4v) is 8.21. The number of nitrogens with one attached hydrogen (secondary N) is 3. The van der Waals surface area contributed by atoms with E-state index in [1.807, 2.05) is 71.5 Å². The summed E-state index contributed by atoms with van der Waals surface area (Å²) in [6.45, 7) is 11.4. The van der Waals surface area contributed by atoms with Crippen molar-refractivity contribution in [1.29, 1.82) is 0 Å². The monoisotopic (exact) mass is 1020 g/mol. The number of ether oxygens (including phenoxy) is 2. The van der Waals surface area contributed by atoms with Gasteiger partial charge in [0, 0.05) is 44.1 Å². The Morgan fingerprint density at radius 3 is 1.66 bits per heavy atom. The van der Waals surface area contributed by atoms with Crippen LogP contribution in [-0.2, 0) is 25.9 Å². The van der Waals surface area contributed by atoms with E-state index in [1.54, 1.807) is 63.8 Å². The van der Waals surface area contributed by atoms with Crippen molar-refractivity contribution in [3.8, 4) is 34.5 Å². The maximum atomic E-state index is 13.3. The second-order valence-electron chi connectivity index (χ2n) is 16.9. The van der Waals surface area contributed by atoms with Crippen LogP contribution in [0.2, 0.25) is 0 Å². The maximum absolute atomic E-state index is 13.3. The van der Waals surface area contributed by atoms with E-state index < -0.39 is 0 Å². The number of aromatic nitrogens is 12. The largest absolute Gasteiger partial charge is 0.496 e. The molecular formula is C50H53BrN16O4. The zero-order chi connectivity index (χ0) is 49.9. The van der Waals surface area contributed by atoms with E-state index in [1.165, 1.54) is 23.8 Å². The van der Waals surface area contributed by atoms with Crippen LogP contribution in [0, 0.1) is 0 Å². The van der Waals surface area contributed by atoms with Gasteiger partial charge in [-0.1, -0.05) is 12.1 Å². The Bertz CT molecular complexity index is 3090. The molecule has 2 aliphatic rings. The van der Waals surface area contributed by atoms with Crippen LogP contribution in [0.5, 0.6) is 11.5 Å². The van der Waals surface area contributed by atoms with E-state index in [0.29, 0.717) is 63.8 Å². The van der Waals surface area contributed by atoms with Gasteiger partial charge in [0.05, 0.1) is 47.9 Å². The highest BCUT2D eigenvalue weighted by atomic mass is 79.9. The predicted octanol–water partition coefficient (Wildman–Crippen LogP) is 7.60. The minimum absolute atomic E-state index is 0.182. The third-order valence-electron chi connectivity index (χ3n) is 11.6. The van der Waals surface area contributed by atoms with Crippen molar-refractivity contribution in [3.63, 3.8) is 0 Å². The molecule has 0 spiro atoms. The normalized spacial score (nSPS) is 12.7. The van der Waals surface area contributed by atoms with Gasteiger partial charge in [-0.15, -0.1) is 20.4 Å². The van der Waals surface area contributed by atoms with Crippen LogP contribution >= 0.6 is 15.9 Å². The number of anilines is 3. The first-order valence-corrected chi connectivity index (χ1v) is 23.7. The van der Waals surface area contributed by atoms with Gasteiger partial charge in [-0.3, -0.25) is 9.59 Å². The molecule has 8 heterocycles. The number of halogens is 1. The molecule has 8 aromatic rings. The highest BCUT2D eigenvalue weighted by Gasteiger charge is 2.24. The van der Waals surface area contributed by atoms with Crippen molar-refractivity contribution in [2.75, 3.05) is 42.8 Å². The molecule has 2 aromatic carbocycles. The van der Waals surface area contributed by atoms with Crippen LogP contribution < -0.4 is 30.3 Å². The second kappa shape index (κ2) is 23.0. The lowest BCUT2D eigenvalue weighted by Crippen LogP contribution is -2.31. The Kier molecular flexibility index (Phi) is 16.0. The third kappa shape index (κ3) is 12.1. The van der Waals surface area contributed by atoms with Crippen molar-refractivity contribution in [2.24, 2.45) is 0 Å². The van der Waals surface area contributed by atoms with E-state index in [4.69, 9.17) is 9.47 Å². The summed E-state index contributed by atoms with van der Waals surface area (Å²) >= 11 is 3.19. The highest BCUT2D eigenvalue weighted by molar-refractivity contribution is 9.10. The maximum Gasteiger partial charge on any atom is 0.260 e. The molecule has 0 radical (unpaired) electrons. The van der Waals surface area contributed by atoms with Crippen molar-refractivity contribution in [1.82, 2.24) is 64.7 Å². The summed E-state index contributed by atoms with van der Waals surface area (Å²) in [6.07, 6.45) is 15.1. The average molecular weight is 1020 g/mol. The molecule has 20 nitrogen and oxygen atoms in total. The minimum atomic E-state index is -0.292. The zero-order valence-electron chi connectivity index (χ0n) is 40.1. The van der Waals surface area contributed by atoms with E-state index in [9.17, 15) is 9.59 Å². The van der Waals surface area contributed by atoms with Crippen LogP contribution in [-0.4, -0.2) is 98.6 Å². The van der Waals surface area contributed by atoms with Crippen LogP contribution in [0.4, 0.5) is 17.3 Å². The molecule has 3 N–H and O–H groups in total. The summed E-state index contributed by atoms with van der Waals surface area (Å²) in [4.78, 5) is 53.3. The zero-order valence-corrected chi connectivity index (χ0v) is 41.7. The van der Waals surface area contributed by atoms with E-state index >= 15 is 0 Å². The molecule has 6 aromatic heterocycles. The molecule has 0 fully saturated rings. The SMILES string of the molecule is Brc1cncnc1.COc1cc2c(cc1C(=O)Nc1cccc(-c3nncn3C(C)C)n1)CN(c1cncnc1)CC2.COc1cc2c(cc1C(=O)Nc1cccc(-c3nncn3C(C)C)n1)CNCC2. The Morgan fingerprint density at radius 2 is 1.17 bits per heavy atom. The van der Waals surface area contributed by atoms with Gasteiger partial charge in [-0.25, -0.2) is 29.9 Å². The first-order chi connectivity index (χ1) is 34.5. The molecule has 2 amide bonds. The first kappa shape index (κ1) is 49.4. The molecule has 364 valence electrons. The summed E-state index contributed by atoms with van der Waals surface area (Å²) < 4.78 is 15.8. The summed E-state index contributed by atoms with van der Waals surface area (Å²) in [5, 5.41) is 25.5. The van der Waals surface area contributed by atoms with Gasteiger partial charge in [0.2, 0.25) is 0 Å². The molecule has 0 saturated heterocycles. The van der Waals surface area contributed by atoms with Crippen LogP contribution in [0.1, 0.15) is 82.7 Å². The fourth-order valence-electron chi connectivity index (χ4n) is 7.98. The lowest BCUT2D eigenvalue weighted by Gasteiger charge is -2.30. The van der Waals surface area contributed by atoms with Gasteiger partial charge in [-0.05, 0) is 134 Å². The molecule has 0 atom stereocenters. The molecule has 0 aliphatic carbocycles. The van der Waals surface area contributed by atoms with E-state index in [0.717, 1.165) is 53.8 Å². The Labute approximate surface area is 418 Å². The molecular weight excluding hydrogens is 969 g/mol. The molecule has 0 unspecified atom stereocenters. The van der Waals surface area contributed by atoms with Crippen molar-refractivity contribution >= 4 is 45.1 Å². The lowest BCUT2D eigenvalue weighted by atomic mass is 9.96. The number of carbonyl (C=O) groups excluding carboxylic acids is 2. The smallest absolute Gasteiger partial charge is 0.260 e. The van der Waals surface area contributed by atoms with Crippen LogP contribution in [0.3, 0.4) is 0 Å². The second-order valence-corrected chi connectivity index (χ2v) is 17.8. The van der Waals surface area contributed by atoms with Gasteiger partial charge in [0.1, 0.15) is 59.8 Å². The molecule has 21 heteroatoms. The Hall–Kier alpha value is -8.04. The molecule has 2 aliphatic heterocycles. The number of benzene rings is 2. The Morgan fingerprint density at radius 1 is 0.662 bits per heavy atom. The summed E-state index contributed by atoms with van der Waals surface area (Å²) in [7, 11) is 3.16. The summed E-state index contributed by atoms with van der Waals surface area (Å²) in [5.41, 5.74) is 7.75. The topological polar surface area (TPSA) is 231 Å². The third-order valence-corrected chi connectivity index (χ3v) is 12.0. The van der Waals surface area contributed by atoms with Crippen molar-refractivity contribution in [3.05, 3.63) is 149 Å². The number of nitrogens with zero attached hydrogens (tertiary/aromatic N) is 13. The van der Waals surface area contributed by atoms with Gasteiger partial charge in [-0.2, -0.15) is 0 Å². The number of hydrogen-bond donors (Lipinski definition) is 3. The van der Waals surface area contributed by atoms with E-state index in [-0.39, 0.29) is 23.9 Å². The molecule has 71 heavy (non-hydrogen) atoms. The number of amides is 2. The summed E-state index contributed by atoms with van der Waals surface area (Å²) in [5.74, 6) is 2.73. The first-order valence-electron chi connectivity index (χ1n) is 22.9. The van der Waals surface area contributed by atoms with Gasteiger partial charge < -0.3 is 39.5 Å². The number of fused-ring (bicyclic) bond motifs is 2. The molecule has 0 saturated carbocycles. The van der Waals surface area contributed by atoms with Crippen LogP contribution in [0.15, 0.2) is 115 Å². The van der Waals surface area contributed by atoms with Gasteiger partial charge >= 0.3 is 0 Å². The summed E-state index contributed by atoms with van der Waals surface area (Å²) in [6, 6.07) is 19.0. The predicted molar refractivity (Wildman–Crippen MR) is 271 cm³/mol. The number of hydrogen-bond acceptors (Lipinski definition) is 16. The van der Waals surface area contributed by atoms with E-state index in [2.05, 4.69) is 101 Å². The number of carbonyl (C=O) groups is 2. The quantitative estimate of drug-likeness (QED) is 0.113. The average Bonchev–Trinajstić information content (AvgIpc) is 4.11. The van der Waals surface area contributed by atoms with Gasteiger partial charge in [0.15, 0.2) is 11.6 Å². The fraction of sp³-hybridized carbons (Fsp3) is 0.280. The molecule has 0 bridgehead atoms. The highest BCUT2D eigenvalue weighted by Crippen LogP contribution is 2.31. The standard InChI is InChI=1S/C25H26N8O2.C21H24N6O2.C4H3BrN2/c1-16(2)33-15-28-31-24(33)21-5-4-6-23(29-21)30-25(34)20-9-18-13-32(19-11-26-14-27-12-19)8-7-17(18)10-22(20)35-3;1-13(2)27-12-23-26-20(27)17-5-4-6-19(24-17)25-21(28)16-9-15-11-22-8-7-14(15)10-18(16)29-3;5-4-1-6-3-7-2-4/h4-6,9-12,14-16H,7-8,13H2,1-3H3,(H,29,30,34);4-6,9-10,12-13,22H,7-8,11H2,1-3H3,(H,24,25,28);1-3H. The van der Waals surface area contributed by atoms with Crippen molar-refractivity contribution in [2.45, 2.75) is 65.7 Å². The lowest BCUT2D eigenvalue weighted by molar-refractivity contribution is 0.101. The van der Waals surface area contributed by atoms with Gasteiger partial charge in [0.25, 0.3) is 11.8 Å².